The molecule has 0 aliphatic carbocycles. The van der Waals surface area contributed by atoms with Crippen molar-refractivity contribution in [2.45, 2.75) is 52.4 Å². The maximum absolute atomic E-state index is 10.5. The number of rotatable bonds is 2. The molecule has 20 heavy (non-hydrogen) atoms. The highest BCUT2D eigenvalue weighted by Gasteiger charge is 2.24. The summed E-state index contributed by atoms with van der Waals surface area (Å²) in [5.41, 5.74) is 7.99. The van der Waals surface area contributed by atoms with Crippen molar-refractivity contribution >= 4 is 6.21 Å². The maximum Gasteiger partial charge on any atom is 0.128 e. The molecule has 0 radical (unpaired) electrons. The van der Waals surface area contributed by atoms with Crippen molar-refractivity contribution in [1.82, 2.24) is 0 Å². The fourth-order valence-electron chi connectivity index (χ4n) is 1.93. The van der Waals surface area contributed by atoms with E-state index in [0.717, 1.165) is 11.1 Å². The normalized spacial score (nSPS) is 13.5. The highest BCUT2D eigenvalue weighted by molar-refractivity contribution is 5.85. The van der Waals surface area contributed by atoms with Crippen LogP contribution in [0.2, 0.25) is 0 Å². The van der Waals surface area contributed by atoms with Crippen molar-refractivity contribution in [3.05, 3.63) is 41.2 Å². The summed E-state index contributed by atoms with van der Waals surface area (Å²) in [5.74, 6) is 0.291. The minimum absolute atomic E-state index is 0.0139. The van der Waals surface area contributed by atoms with Crippen LogP contribution >= 0.6 is 0 Å². The molecule has 1 aromatic rings. The third-order valence-electron chi connectivity index (χ3n) is 3.20. The van der Waals surface area contributed by atoms with Crippen LogP contribution in [0.15, 0.2) is 29.5 Å². The Labute approximate surface area is 122 Å². The molecule has 0 saturated carbocycles. The number of aromatic hydroxyl groups is 1. The molecule has 0 atom stereocenters. The molecule has 3 nitrogen and oxygen atoms in total. The van der Waals surface area contributed by atoms with E-state index in [-0.39, 0.29) is 10.8 Å². The van der Waals surface area contributed by atoms with Gasteiger partial charge < -0.3 is 10.8 Å². The van der Waals surface area contributed by atoms with Crippen molar-refractivity contribution in [3.63, 3.8) is 0 Å². The van der Waals surface area contributed by atoms with E-state index < -0.39 is 0 Å². The summed E-state index contributed by atoms with van der Waals surface area (Å²) < 4.78 is 0. The number of hydrogen-bond donors (Lipinski definition) is 2. The monoisotopic (exact) mass is 274 g/mol. The van der Waals surface area contributed by atoms with Crippen LogP contribution in [-0.4, -0.2) is 11.3 Å². The fraction of sp³-hybridized carbons (Fsp3) is 0.471. The van der Waals surface area contributed by atoms with Gasteiger partial charge in [0.05, 0.1) is 0 Å². The van der Waals surface area contributed by atoms with E-state index in [4.69, 9.17) is 5.73 Å². The van der Waals surface area contributed by atoms with E-state index in [2.05, 4.69) is 52.6 Å². The van der Waals surface area contributed by atoms with Gasteiger partial charge in [-0.15, -0.1) is 0 Å². The van der Waals surface area contributed by atoms with E-state index in [1.807, 2.05) is 6.07 Å². The van der Waals surface area contributed by atoms with Crippen LogP contribution in [0.25, 0.3) is 0 Å². The van der Waals surface area contributed by atoms with Crippen molar-refractivity contribution in [2.75, 3.05) is 0 Å². The van der Waals surface area contributed by atoms with Gasteiger partial charge in [-0.05, 0) is 22.5 Å². The first-order valence-corrected chi connectivity index (χ1v) is 6.85. The zero-order valence-corrected chi connectivity index (χ0v) is 13.4. The highest BCUT2D eigenvalue weighted by Crippen LogP contribution is 2.37. The second-order valence-electron chi connectivity index (χ2n) is 7.08. The number of nitrogens with zero attached hydrogens (tertiary/aromatic N) is 1. The first kappa shape index (κ1) is 16.3. The van der Waals surface area contributed by atoms with Gasteiger partial charge in [-0.2, -0.15) is 0 Å². The molecule has 1 aromatic carbocycles. The average Bonchev–Trinajstić information content (AvgIpc) is 2.28. The van der Waals surface area contributed by atoms with Crippen LogP contribution in [0, 0.1) is 0 Å². The molecule has 0 aliphatic rings. The molecule has 0 unspecified atom stereocenters. The predicted octanol–water partition coefficient (Wildman–Crippen LogP) is 3.84. The quantitative estimate of drug-likeness (QED) is 0.805. The molecule has 3 N–H and O–H groups in total. The number of nitrogens with two attached hydrogens (primary N) is 1. The smallest absolute Gasteiger partial charge is 0.128 e. The molecule has 110 valence electrons. The maximum atomic E-state index is 10.5. The summed E-state index contributed by atoms with van der Waals surface area (Å²) in [7, 11) is 0. The number of phenols is 1. The van der Waals surface area contributed by atoms with Crippen molar-refractivity contribution < 1.29 is 5.11 Å². The molecule has 0 bridgehead atoms. The Kier molecular flexibility index (Phi) is 4.64. The molecule has 0 aliphatic heterocycles. The molecular weight excluding hydrogens is 248 g/mol. The SMILES string of the molecule is CC(C)(C)c1cc(C=N/C=C/N)c(O)c(C(C)(C)C)c1. The molecule has 0 spiro atoms. The fourth-order valence-corrected chi connectivity index (χ4v) is 1.93. The number of benzene rings is 1. The Morgan fingerprint density at radius 3 is 2.10 bits per heavy atom. The Hall–Kier alpha value is -1.77. The molecular formula is C17H26N2O. The first-order chi connectivity index (χ1) is 9.07. The zero-order chi connectivity index (χ0) is 15.6. The van der Waals surface area contributed by atoms with Crippen LogP contribution in [0.1, 0.15) is 58.2 Å². The van der Waals surface area contributed by atoms with Gasteiger partial charge in [-0.1, -0.05) is 47.6 Å². The van der Waals surface area contributed by atoms with Gasteiger partial charge in [0.1, 0.15) is 5.75 Å². The summed E-state index contributed by atoms with van der Waals surface area (Å²) in [6.07, 6.45) is 4.51. The van der Waals surface area contributed by atoms with Crippen LogP contribution in [-0.2, 0) is 10.8 Å². The molecule has 0 saturated heterocycles. The predicted molar refractivity (Wildman–Crippen MR) is 86.4 cm³/mol. The van der Waals surface area contributed by atoms with Gasteiger partial charge >= 0.3 is 0 Å². The lowest BCUT2D eigenvalue weighted by molar-refractivity contribution is 0.444. The van der Waals surface area contributed by atoms with Crippen molar-refractivity contribution in [2.24, 2.45) is 10.7 Å². The summed E-state index contributed by atoms with van der Waals surface area (Å²) in [6, 6.07) is 4.07. The molecule has 0 aromatic heterocycles. The largest absolute Gasteiger partial charge is 0.507 e. The average molecular weight is 274 g/mol. The van der Waals surface area contributed by atoms with E-state index in [1.165, 1.54) is 18.0 Å². The summed E-state index contributed by atoms with van der Waals surface area (Å²) in [5, 5.41) is 10.5. The Bertz CT molecular complexity index is 529. The lowest BCUT2D eigenvalue weighted by Crippen LogP contribution is -2.17. The third kappa shape index (κ3) is 3.86. The topological polar surface area (TPSA) is 58.6 Å². The van der Waals surface area contributed by atoms with Gasteiger partial charge in [0.25, 0.3) is 0 Å². The first-order valence-electron chi connectivity index (χ1n) is 6.85. The van der Waals surface area contributed by atoms with Crippen molar-refractivity contribution in [3.8, 4) is 5.75 Å². The summed E-state index contributed by atoms with van der Waals surface area (Å²) in [4.78, 5) is 4.08. The molecule has 0 amide bonds. The number of phenolic OH excluding ortho intramolecular Hbond substituents is 1. The molecule has 0 fully saturated rings. The molecule has 1 rings (SSSR count). The highest BCUT2D eigenvalue weighted by atomic mass is 16.3. The van der Waals surface area contributed by atoms with E-state index >= 15 is 0 Å². The van der Waals surface area contributed by atoms with Gasteiger partial charge in [0.2, 0.25) is 0 Å². The van der Waals surface area contributed by atoms with Gasteiger partial charge in [-0.3, -0.25) is 4.99 Å². The molecule has 0 heterocycles. The second-order valence-corrected chi connectivity index (χ2v) is 7.08. The standard InChI is InChI=1S/C17H26N2O/c1-16(2,3)13-9-12(11-19-8-7-18)15(20)14(10-13)17(4,5)6/h7-11,20H,18H2,1-6H3/b8-7+,19-11?. The summed E-state index contributed by atoms with van der Waals surface area (Å²) >= 11 is 0. The minimum Gasteiger partial charge on any atom is -0.507 e. The van der Waals surface area contributed by atoms with E-state index in [1.54, 1.807) is 6.21 Å². The van der Waals surface area contributed by atoms with E-state index in [9.17, 15) is 5.11 Å². The third-order valence-corrected chi connectivity index (χ3v) is 3.20. The van der Waals surface area contributed by atoms with Gasteiger partial charge in [0, 0.05) is 29.7 Å². The Morgan fingerprint density at radius 2 is 1.65 bits per heavy atom. The summed E-state index contributed by atoms with van der Waals surface area (Å²) in [6.45, 7) is 12.8. The number of hydrogen-bond acceptors (Lipinski definition) is 3. The second kappa shape index (κ2) is 5.70. The minimum atomic E-state index is -0.127. The Morgan fingerprint density at radius 1 is 1.05 bits per heavy atom. The van der Waals surface area contributed by atoms with Crippen LogP contribution in [0.3, 0.4) is 0 Å². The lowest BCUT2D eigenvalue weighted by Gasteiger charge is -2.26. The van der Waals surface area contributed by atoms with Crippen LogP contribution in [0.4, 0.5) is 0 Å². The van der Waals surface area contributed by atoms with Gasteiger partial charge in [0.15, 0.2) is 0 Å². The van der Waals surface area contributed by atoms with Crippen LogP contribution in [0.5, 0.6) is 5.75 Å². The zero-order valence-electron chi connectivity index (χ0n) is 13.4. The Balaban J connectivity index is 3.51. The molecule has 3 heteroatoms. The van der Waals surface area contributed by atoms with E-state index in [0.29, 0.717) is 5.75 Å². The van der Waals surface area contributed by atoms with Crippen LogP contribution < -0.4 is 5.73 Å². The number of aliphatic imine (C=N–C) groups is 1. The van der Waals surface area contributed by atoms with Gasteiger partial charge in [-0.25, -0.2) is 0 Å². The van der Waals surface area contributed by atoms with Crippen molar-refractivity contribution in [1.29, 1.82) is 0 Å². The lowest BCUT2D eigenvalue weighted by atomic mass is 9.79.